The monoisotopic (exact) mass is 364 g/mol. The zero-order chi connectivity index (χ0) is 19.5. The number of benzene rings is 4. The lowest BCUT2D eigenvalue weighted by Gasteiger charge is -2.36. The first-order chi connectivity index (χ1) is 13.5. The van der Waals surface area contributed by atoms with E-state index in [0.29, 0.717) is 5.46 Å². The van der Waals surface area contributed by atoms with Crippen molar-refractivity contribution in [1.29, 1.82) is 0 Å². The summed E-state index contributed by atoms with van der Waals surface area (Å²) in [5.74, 6) is 0. The van der Waals surface area contributed by atoms with Crippen molar-refractivity contribution >= 4 is 23.4 Å². The SMILES string of the molecule is CC1(C)c2cc(B(O)O)ccc2-c2ccc(-c3ccccc3)c3cccc1c23. The van der Waals surface area contributed by atoms with Crippen molar-refractivity contribution in [3.8, 4) is 22.3 Å². The van der Waals surface area contributed by atoms with Gasteiger partial charge >= 0.3 is 7.12 Å². The molecule has 0 fully saturated rings. The van der Waals surface area contributed by atoms with E-state index in [-0.39, 0.29) is 5.41 Å². The van der Waals surface area contributed by atoms with Gasteiger partial charge in [-0.25, -0.2) is 0 Å². The first-order valence-electron chi connectivity index (χ1n) is 9.61. The van der Waals surface area contributed by atoms with E-state index in [1.54, 1.807) is 0 Å². The summed E-state index contributed by atoms with van der Waals surface area (Å²) in [6.45, 7) is 4.43. The van der Waals surface area contributed by atoms with Gasteiger partial charge in [-0.3, -0.25) is 0 Å². The molecule has 3 heteroatoms. The maximum Gasteiger partial charge on any atom is 0.488 e. The standard InChI is InChI=1S/C25H21BO2/c1-25(2)22-10-6-9-20-18(16-7-4-3-5-8-16)13-14-21(24(20)22)19-12-11-17(26(27)28)15-23(19)25/h3-15,27-28H,1-2H3. The molecule has 28 heavy (non-hydrogen) atoms. The highest BCUT2D eigenvalue weighted by Gasteiger charge is 2.34. The van der Waals surface area contributed by atoms with E-state index >= 15 is 0 Å². The summed E-state index contributed by atoms with van der Waals surface area (Å²) >= 11 is 0. The number of fused-ring (bicyclic) bond motifs is 2. The molecule has 2 N–H and O–H groups in total. The van der Waals surface area contributed by atoms with Gasteiger partial charge in [0, 0.05) is 5.41 Å². The zero-order valence-corrected chi connectivity index (χ0v) is 16.0. The van der Waals surface area contributed by atoms with Crippen LogP contribution in [-0.2, 0) is 5.41 Å². The lowest BCUT2D eigenvalue weighted by molar-refractivity contribution is 0.425. The first-order valence-corrected chi connectivity index (χ1v) is 9.61. The van der Waals surface area contributed by atoms with E-state index in [2.05, 4.69) is 68.4 Å². The fourth-order valence-electron chi connectivity index (χ4n) is 4.64. The molecule has 0 unspecified atom stereocenters. The van der Waals surface area contributed by atoms with Gasteiger partial charge in [0.15, 0.2) is 0 Å². The Bertz CT molecular complexity index is 1210. The van der Waals surface area contributed by atoms with Gasteiger partial charge in [0.25, 0.3) is 0 Å². The van der Waals surface area contributed by atoms with Crippen LogP contribution in [0.2, 0.25) is 0 Å². The summed E-state index contributed by atoms with van der Waals surface area (Å²) in [6.07, 6.45) is 0. The molecule has 0 heterocycles. The molecular weight excluding hydrogens is 343 g/mol. The van der Waals surface area contributed by atoms with Crippen LogP contribution in [0.4, 0.5) is 0 Å². The summed E-state index contributed by atoms with van der Waals surface area (Å²) in [7, 11) is -1.46. The summed E-state index contributed by atoms with van der Waals surface area (Å²) in [4.78, 5) is 0. The van der Waals surface area contributed by atoms with E-state index in [4.69, 9.17) is 0 Å². The number of hydrogen-bond donors (Lipinski definition) is 2. The molecule has 0 saturated heterocycles. The normalized spacial score (nSPS) is 14.0. The topological polar surface area (TPSA) is 40.5 Å². The molecule has 1 aliphatic rings. The second kappa shape index (κ2) is 6.06. The molecule has 0 radical (unpaired) electrons. The minimum Gasteiger partial charge on any atom is -0.423 e. The van der Waals surface area contributed by atoms with Crippen molar-refractivity contribution in [1.82, 2.24) is 0 Å². The Morgan fingerprint density at radius 1 is 0.679 bits per heavy atom. The van der Waals surface area contributed by atoms with Crippen LogP contribution < -0.4 is 5.46 Å². The van der Waals surface area contributed by atoms with Crippen molar-refractivity contribution in [2.24, 2.45) is 0 Å². The average Bonchev–Trinajstić information content (AvgIpc) is 2.72. The molecule has 2 nitrogen and oxygen atoms in total. The van der Waals surface area contributed by atoms with E-state index in [1.807, 2.05) is 24.3 Å². The van der Waals surface area contributed by atoms with Crippen molar-refractivity contribution in [2.75, 3.05) is 0 Å². The van der Waals surface area contributed by atoms with E-state index in [9.17, 15) is 10.0 Å². The highest BCUT2D eigenvalue weighted by Crippen LogP contribution is 2.49. The Hall–Kier alpha value is -2.88. The maximum absolute atomic E-state index is 9.66. The summed E-state index contributed by atoms with van der Waals surface area (Å²) in [5, 5.41) is 21.9. The Balaban J connectivity index is 1.87. The van der Waals surface area contributed by atoms with Gasteiger partial charge in [0.05, 0.1) is 0 Å². The van der Waals surface area contributed by atoms with Crippen molar-refractivity contribution in [3.05, 3.63) is 90.0 Å². The van der Waals surface area contributed by atoms with Crippen molar-refractivity contribution in [3.63, 3.8) is 0 Å². The fourth-order valence-corrected chi connectivity index (χ4v) is 4.64. The predicted molar refractivity (Wildman–Crippen MR) is 117 cm³/mol. The minimum atomic E-state index is -1.46. The smallest absolute Gasteiger partial charge is 0.423 e. The summed E-state index contributed by atoms with van der Waals surface area (Å²) < 4.78 is 0. The van der Waals surface area contributed by atoms with Gasteiger partial charge in [-0.05, 0) is 49.6 Å². The molecule has 0 bridgehead atoms. The third-order valence-corrected chi connectivity index (χ3v) is 6.10. The van der Waals surface area contributed by atoms with Gasteiger partial charge in [0.2, 0.25) is 0 Å². The molecule has 0 aliphatic heterocycles. The zero-order valence-electron chi connectivity index (χ0n) is 16.0. The van der Waals surface area contributed by atoms with Gasteiger partial charge in [-0.1, -0.05) is 92.7 Å². The van der Waals surface area contributed by atoms with Crippen molar-refractivity contribution in [2.45, 2.75) is 19.3 Å². The lowest BCUT2D eigenvalue weighted by atomic mass is 9.66. The second-order valence-corrected chi connectivity index (χ2v) is 8.06. The fraction of sp³-hybridized carbons (Fsp3) is 0.120. The Kier molecular flexibility index (Phi) is 3.73. The van der Waals surface area contributed by atoms with Crippen LogP contribution >= 0.6 is 0 Å². The molecule has 4 aromatic carbocycles. The Morgan fingerprint density at radius 3 is 2.14 bits per heavy atom. The third-order valence-electron chi connectivity index (χ3n) is 6.10. The van der Waals surface area contributed by atoms with Crippen LogP contribution in [0.15, 0.2) is 78.9 Å². The van der Waals surface area contributed by atoms with Crippen LogP contribution in [0.1, 0.15) is 25.0 Å². The van der Waals surface area contributed by atoms with Crippen LogP contribution in [0.5, 0.6) is 0 Å². The van der Waals surface area contributed by atoms with Gasteiger partial charge in [-0.2, -0.15) is 0 Å². The molecular formula is C25H21BO2. The van der Waals surface area contributed by atoms with Gasteiger partial charge < -0.3 is 10.0 Å². The molecule has 1 aliphatic carbocycles. The molecule has 0 aromatic heterocycles. The second-order valence-electron chi connectivity index (χ2n) is 8.06. The number of hydrogen-bond acceptors (Lipinski definition) is 2. The number of rotatable bonds is 2. The Morgan fingerprint density at radius 2 is 1.39 bits per heavy atom. The maximum atomic E-state index is 9.66. The molecule has 136 valence electrons. The minimum absolute atomic E-state index is 0.234. The first kappa shape index (κ1) is 17.2. The van der Waals surface area contributed by atoms with Gasteiger partial charge in [0.1, 0.15) is 0 Å². The lowest BCUT2D eigenvalue weighted by Crippen LogP contribution is -2.33. The van der Waals surface area contributed by atoms with Gasteiger partial charge in [-0.15, -0.1) is 0 Å². The summed E-state index contributed by atoms with van der Waals surface area (Å²) in [6, 6.07) is 27.2. The highest BCUT2D eigenvalue weighted by atomic mass is 16.4. The largest absolute Gasteiger partial charge is 0.488 e. The third kappa shape index (κ3) is 2.37. The van der Waals surface area contributed by atoms with Crippen LogP contribution in [0.25, 0.3) is 33.0 Å². The summed E-state index contributed by atoms with van der Waals surface area (Å²) in [5.41, 5.74) is 7.53. The molecule has 0 amide bonds. The molecule has 4 aromatic rings. The average molecular weight is 364 g/mol. The predicted octanol–water partition coefficient (Wildman–Crippen LogP) is 4.49. The molecule has 0 saturated carbocycles. The van der Waals surface area contributed by atoms with Crippen LogP contribution in [-0.4, -0.2) is 17.2 Å². The van der Waals surface area contributed by atoms with E-state index in [0.717, 1.165) is 11.1 Å². The van der Waals surface area contributed by atoms with E-state index in [1.165, 1.54) is 33.0 Å². The molecule has 0 spiro atoms. The van der Waals surface area contributed by atoms with Crippen LogP contribution in [0, 0.1) is 0 Å². The highest BCUT2D eigenvalue weighted by molar-refractivity contribution is 6.58. The van der Waals surface area contributed by atoms with Crippen LogP contribution in [0.3, 0.4) is 0 Å². The quantitative estimate of drug-likeness (QED) is 0.515. The molecule has 0 atom stereocenters. The van der Waals surface area contributed by atoms with E-state index < -0.39 is 7.12 Å². The van der Waals surface area contributed by atoms with Crippen molar-refractivity contribution < 1.29 is 10.0 Å². The molecule has 5 rings (SSSR count). The Labute approximate surface area is 165 Å².